The van der Waals surface area contributed by atoms with E-state index < -0.39 is 18.0 Å². The van der Waals surface area contributed by atoms with E-state index in [0.29, 0.717) is 53.5 Å². The van der Waals surface area contributed by atoms with Crippen LogP contribution < -0.4 is 14.8 Å². The number of anilines is 1. The second-order valence-corrected chi connectivity index (χ2v) is 10.1. The average molecular weight is 590 g/mol. The number of carboxylic acids is 1. The van der Waals surface area contributed by atoms with E-state index in [4.69, 9.17) is 36.3 Å². The van der Waals surface area contributed by atoms with Gasteiger partial charge in [0.25, 0.3) is 0 Å². The Labute approximate surface area is 249 Å². The van der Waals surface area contributed by atoms with E-state index in [-0.39, 0.29) is 23.5 Å². The fourth-order valence-corrected chi connectivity index (χ4v) is 4.70. The predicted octanol–water partition coefficient (Wildman–Crippen LogP) is 6.80. The van der Waals surface area contributed by atoms with E-state index in [2.05, 4.69) is 5.32 Å². The maximum atomic E-state index is 12.9. The van der Waals surface area contributed by atoms with Crippen LogP contribution in [0.15, 0.2) is 66.2 Å². The molecule has 2 N–H and O–H groups in total. The number of allylic oxidation sites excluding steroid dienone is 2. The van der Waals surface area contributed by atoms with Gasteiger partial charge in [0.2, 0.25) is 0 Å². The van der Waals surface area contributed by atoms with Crippen molar-refractivity contribution in [3.8, 4) is 11.5 Å². The van der Waals surface area contributed by atoms with Crippen LogP contribution in [0.1, 0.15) is 62.7 Å². The summed E-state index contributed by atoms with van der Waals surface area (Å²) in [6.45, 7) is 4.25. The number of fused-ring (bicyclic) bond motifs is 1. The van der Waals surface area contributed by atoms with Crippen LogP contribution in [0.2, 0.25) is 0 Å². The van der Waals surface area contributed by atoms with E-state index >= 15 is 0 Å². The summed E-state index contributed by atoms with van der Waals surface area (Å²) in [5, 5.41) is 12.2. The first-order valence-corrected chi connectivity index (χ1v) is 13.7. The molecule has 218 valence electrons. The van der Waals surface area contributed by atoms with Crippen molar-refractivity contribution in [3.05, 3.63) is 99.6 Å². The lowest BCUT2D eigenvalue weighted by Crippen LogP contribution is -2.20. The van der Waals surface area contributed by atoms with Gasteiger partial charge in [0.15, 0.2) is 10.8 Å². The standard InChI is InChI=1S/C32H31NO8S/c1-19(10-16-26(42)39-17-21-7-5-4-6-8-21)9-15-24-28(38-3)20(2)25-18-40-31(36)27(25)29(24)41-32(37)33-23-13-11-22(12-14-23)30(34)35/h4-9,11-14H,10,15-18H2,1-3H3,(H,33,37)(H,34,35)/b19-9+. The number of methoxy groups -OCH3 is 1. The molecule has 0 atom stereocenters. The number of rotatable bonds is 11. The minimum absolute atomic E-state index is 0.0422. The highest BCUT2D eigenvalue weighted by Gasteiger charge is 2.34. The van der Waals surface area contributed by atoms with Crippen molar-refractivity contribution in [1.29, 1.82) is 0 Å². The van der Waals surface area contributed by atoms with Crippen LogP contribution in [0.3, 0.4) is 0 Å². The summed E-state index contributed by atoms with van der Waals surface area (Å²) in [5.41, 5.74) is 4.49. The molecule has 1 heterocycles. The Bertz CT molecular complexity index is 1530. The van der Waals surface area contributed by atoms with Crippen molar-refractivity contribution in [3.63, 3.8) is 0 Å². The highest BCUT2D eigenvalue weighted by molar-refractivity contribution is 7.80. The maximum absolute atomic E-state index is 12.9. The summed E-state index contributed by atoms with van der Waals surface area (Å²) >= 11 is 5.40. The highest BCUT2D eigenvalue weighted by atomic mass is 32.1. The molecule has 4 rings (SSSR count). The lowest BCUT2D eigenvalue weighted by Gasteiger charge is -2.19. The van der Waals surface area contributed by atoms with Gasteiger partial charge >= 0.3 is 18.0 Å². The van der Waals surface area contributed by atoms with Crippen LogP contribution in [0.25, 0.3) is 0 Å². The molecule has 3 aromatic carbocycles. The minimum atomic E-state index is -1.08. The molecule has 3 aromatic rings. The molecule has 10 heteroatoms. The van der Waals surface area contributed by atoms with Gasteiger partial charge in [-0.2, -0.15) is 0 Å². The number of carbonyl (C=O) groups is 3. The third kappa shape index (κ3) is 7.32. The molecule has 9 nitrogen and oxygen atoms in total. The lowest BCUT2D eigenvalue weighted by molar-refractivity contribution is 0.0532. The molecule has 0 spiro atoms. The zero-order chi connectivity index (χ0) is 30.2. The first-order chi connectivity index (χ1) is 20.2. The summed E-state index contributed by atoms with van der Waals surface area (Å²) in [4.78, 5) is 36.8. The molecular weight excluding hydrogens is 558 g/mol. The first-order valence-electron chi connectivity index (χ1n) is 13.2. The summed E-state index contributed by atoms with van der Waals surface area (Å²) in [6, 6.07) is 15.4. The van der Waals surface area contributed by atoms with Gasteiger partial charge in [0.05, 0.1) is 12.7 Å². The summed E-state index contributed by atoms with van der Waals surface area (Å²) in [7, 11) is 1.52. The van der Waals surface area contributed by atoms with Crippen LogP contribution in [0.5, 0.6) is 11.5 Å². The van der Waals surface area contributed by atoms with Crippen LogP contribution in [-0.4, -0.2) is 35.3 Å². The summed E-state index contributed by atoms with van der Waals surface area (Å²) in [5.74, 6) is -1.13. The Morgan fingerprint density at radius 1 is 1.07 bits per heavy atom. The predicted molar refractivity (Wildman–Crippen MR) is 160 cm³/mol. The van der Waals surface area contributed by atoms with Crippen molar-refractivity contribution in [2.24, 2.45) is 0 Å². The number of ether oxygens (including phenoxy) is 4. The normalized spacial score (nSPS) is 12.3. The van der Waals surface area contributed by atoms with Crippen molar-refractivity contribution in [2.75, 3.05) is 12.4 Å². The van der Waals surface area contributed by atoms with Gasteiger partial charge in [-0.25, -0.2) is 14.4 Å². The number of nitrogens with one attached hydrogen (secondary N) is 1. The van der Waals surface area contributed by atoms with Gasteiger partial charge in [0.1, 0.15) is 24.5 Å². The van der Waals surface area contributed by atoms with Gasteiger partial charge < -0.3 is 24.1 Å². The van der Waals surface area contributed by atoms with Gasteiger partial charge in [-0.1, -0.05) is 42.0 Å². The largest absolute Gasteiger partial charge is 0.496 e. The van der Waals surface area contributed by atoms with Gasteiger partial charge in [-0.3, -0.25) is 5.32 Å². The first kappa shape index (κ1) is 30.3. The number of carbonyl (C=O) groups excluding carboxylic acids is 2. The zero-order valence-corrected chi connectivity index (χ0v) is 24.3. The maximum Gasteiger partial charge on any atom is 0.417 e. The van der Waals surface area contributed by atoms with Crippen molar-refractivity contribution in [1.82, 2.24) is 0 Å². The fraction of sp³-hybridized carbons (Fsp3) is 0.250. The second-order valence-electron chi connectivity index (χ2n) is 9.69. The summed E-state index contributed by atoms with van der Waals surface area (Å²) < 4.78 is 22.4. The third-order valence-electron chi connectivity index (χ3n) is 6.82. The smallest absolute Gasteiger partial charge is 0.417 e. The fourth-order valence-electron chi connectivity index (χ4n) is 4.54. The number of benzene rings is 3. The van der Waals surface area contributed by atoms with E-state index in [1.807, 2.05) is 50.3 Å². The number of hydrogen-bond donors (Lipinski definition) is 2. The topological polar surface area (TPSA) is 120 Å². The second kappa shape index (κ2) is 13.8. The van der Waals surface area contributed by atoms with E-state index in [1.54, 1.807) is 0 Å². The van der Waals surface area contributed by atoms with E-state index in [0.717, 1.165) is 16.7 Å². The molecule has 1 aliphatic heterocycles. The molecule has 0 radical (unpaired) electrons. The average Bonchev–Trinajstić information content (AvgIpc) is 3.37. The Morgan fingerprint density at radius 2 is 1.79 bits per heavy atom. The van der Waals surface area contributed by atoms with Crippen LogP contribution in [0, 0.1) is 6.92 Å². The van der Waals surface area contributed by atoms with Crippen molar-refractivity contribution >= 4 is 41.0 Å². The quantitative estimate of drug-likeness (QED) is 0.141. The van der Waals surface area contributed by atoms with Crippen LogP contribution in [0.4, 0.5) is 10.5 Å². The minimum Gasteiger partial charge on any atom is -0.496 e. The van der Waals surface area contributed by atoms with Gasteiger partial charge in [-0.05, 0) is 74.3 Å². The van der Waals surface area contributed by atoms with E-state index in [1.165, 1.54) is 31.4 Å². The Hall–Kier alpha value is -4.70. The number of aromatic carboxylic acids is 1. The third-order valence-corrected chi connectivity index (χ3v) is 7.14. The zero-order valence-electron chi connectivity index (χ0n) is 23.5. The number of carboxylic acid groups (broad SMARTS) is 1. The molecule has 42 heavy (non-hydrogen) atoms. The molecule has 0 aromatic heterocycles. The van der Waals surface area contributed by atoms with Crippen molar-refractivity contribution < 1.29 is 38.4 Å². The Balaban J connectivity index is 1.51. The van der Waals surface area contributed by atoms with Crippen LogP contribution in [-0.2, 0) is 29.1 Å². The molecule has 0 fully saturated rings. The molecule has 0 bridgehead atoms. The van der Waals surface area contributed by atoms with Gasteiger partial charge in [0, 0.05) is 23.2 Å². The lowest BCUT2D eigenvalue weighted by atomic mass is 9.94. The number of thiocarbonyl (C=S) groups is 1. The molecule has 1 aliphatic rings. The molecule has 0 saturated carbocycles. The SMILES string of the molecule is COc1c(C)c2c(c(OC(=O)Nc3ccc(C(=O)O)cc3)c1C/C=C(\C)CCC(=S)OCc1ccccc1)C(=O)OC2. The monoisotopic (exact) mass is 589 g/mol. The molecule has 0 aliphatic carbocycles. The highest BCUT2D eigenvalue weighted by Crippen LogP contribution is 2.43. The number of amides is 1. The number of cyclic esters (lactones) is 1. The molecule has 1 amide bonds. The van der Waals surface area contributed by atoms with E-state index in [9.17, 15) is 14.4 Å². The summed E-state index contributed by atoms with van der Waals surface area (Å²) in [6.07, 6.45) is 2.64. The number of esters is 1. The molecule has 0 saturated heterocycles. The Kier molecular flexibility index (Phi) is 9.93. The van der Waals surface area contributed by atoms with Crippen LogP contribution >= 0.6 is 12.2 Å². The number of hydrogen-bond acceptors (Lipinski definition) is 8. The molecule has 0 unspecified atom stereocenters. The Morgan fingerprint density at radius 3 is 2.45 bits per heavy atom. The van der Waals surface area contributed by atoms with Crippen molar-refractivity contribution in [2.45, 2.75) is 46.3 Å². The molecular formula is C32H31NO8S. The van der Waals surface area contributed by atoms with Gasteiger partial charge in [-0.15, -0.1) is 0 Å².